The molecule has 6 nitrogen and oxygen atoms in total. The van der Waals surface area contributed by atoms with Crippen molar-refractivity contribution in [1.29, 1.82) is 0 Å². The molecule has 0 saturated heterocycles. The van der Waals surface area contributed by atoms with E-state index >= 15 is 0 Å². The molecule has 2 rings (SSSR count). The molecule has 2 aromatic rings. The summed E-state index contributed by atoms with van der Waals surface area (Å²) >= 11 is 0. The van der Waals surface area contributed by atoms with Crippen molar-refractivity contribution in [2.45, 2.75) is 0 Å². The molecule has 0 amide bonds. The second-order valence-corrected chi connectivity index (χ2v) is 3.61. The SMILES string of the molecule is COc1cccc(OC)c1Oc1ccnc(NN)c1. The molecule has 0 atom stereocenters. The van der Waals surface area contributed by atoms with Crippen molar-refractivity contribution in [3.05, 3.63) is 36.5 Å². The first-order valence-corrected chi connectivity index (χ1v) is 5.60. The van der Waals surface area contributed by atoms with Crippen LogP contribution in [0.5, 0.6) is 23.0 Å². The van der Waals surface area contributed by atoms with E-state index in [-0.39, 0.29) is 0 Å². The summed E-state index contributed by atoms with van der Waals surface area (Å²) in [6, 6.07) is 8.80. The third-order valence-corrected chi connectivity index (χ3v) is 2.48. The number of nitrogens with one attached hydrogen (secondary N) is 1. The van der Waals surface area contributed by atoms with Gasteiger partial charge in [0.2, 0.25) is 5.75 Å². The lowest BCUT2D eigenvalue weighted by Gasteiger charge is -2.14. The van der Waals surface area contributed by atoms with Crippen LogP contribution in [0.4, 0.5) is 5.82 Å². The molecule has 0 fully saturated rings. The quantitative estimate of drug-likeness (QED) is 0.634. The minimum atomic E-state index is 0.502. The first-order valence-electron chi connectivity index (χ1n) is 5.60. The molecule has 0 aliphatic carbocycles. The van der Waals surface area contributed by atoms with Gasteiger partial charge in [-0.1, -0.05) is 6.07 Å². The summed E-state index contributed by atoms with van der Waals surface area (Å²) in [5.41, 5.74) is 2.46. The summed E-state index contributed by atoms with van der Waals surface area (Å²) in [5.74, 6) is 8.05. The fourth-order valence-corrected chi connectivity index (χ4v) is 1.59. The van der Waals surface area contributed by atoms with Crippen LogP contribution < -0.4 is 25.5 Å². The van der Waals surface area contributed by atoms with Crippen LogP contribution in [0.25, 0.3) is 0 Å². The van der Waals surface area contributed by atoms with Crippen LogP contribution in [-0.2, 0) is 0 Å². The predicted octanol–water partition coefficient (Wildman–Crippen LogP) is 2.18. The van der Waals surface area contributed by atoms with Crippen LogP contribution in [0.2, 0.25) is 0 Å². The number of hydrazine groups is 1. The number of benzene rings is 1. The van der Waals surface area contributed by atoms with Gasteiger partial charge in [0, 0.05) is 12.3 Å². The highest BCUT2D eigenvalue weighted by molar-refractivity contribution is 5.53. The fourth-order valence-electron chi connectivity index (χ4n) is 1.59. The second-order valence-electron chi connectivity index (χ2n) is 3.61. The maximum absolute atomic E-state index is 5.78. The third-order valence-electron chi connectivity index (χ3n) is 2.48. The van der Waals surface area contributed by atoms with Gasteiger partial charge in [-0.2, -0.15) is 0 Å². The first kappa shape index (κ1) is 13.0. The van der Waals surface area contributed by atoms with Gasteiger partial charge in [0.1, 0.15) is 11.6 Å². The van der Waals surface area contributed by atoms with Crippen LogP contribution in [0, 0.1) is 0 Å². The predicted molar refractivity (Wildman–Crippen MR) is 71.7 cm³/mol. The van der Waals surface area contributed by atoms with Crippen LogP contribution in [0.15, 0.2) is 36.5 Å². The summed E-state index contributed by atoms with van der Waals surface area (Å²) in [7, 11) is 3.14. The van der Waals surface area contributed by atoms with Gasteiger partial charge >= 0.3 is 0 Å². The highest BCUT2D eigenvalue weighted by Crippen LogP contribution is 2.39. The Labute approximate surface area is 111 Å². The standard InChI is InChI=1S/C13H15N3O3/c1-17-10-4-3-5-11(18-2)13(10)19-9-6-7-15-12(8-9)16-14/h3-8H,14H2,1-2H3,(H,15,16). The molecular formula is C13H15N3O3. The zero-order chi connectivity index (χ0) is 13.7. The van der Waals surface area contributed by atoms with Gasteiger partial charge in [0.25, 0.3) is 0 Å². The molecule has 0 spiro atoms. The van der Waals surface area contributed by atoms with Crippen LogP contribution >= 0.6 is 0 Å². The first-order chi connectivity index (χ1) is 9.28. The summed E-state index contributed by atoms with van der Waals surface area (Å²) < 4.78 is 16.3. The van der Waals surface area contributed by atoms with Crippen molar-refractivity contribution in [3.63, 3.8) is 0 Å². The summed E-state index contributed by atoms with van der Waals surface area (Å²) in [6.07, 6.45) is 1.59. The number of aromatic nitrogens is 1. The fraction of sp³-hybridized carbons (Fsp3) is 0.154. The molecule has 100 valence electrons. The normalized spacial score (nSPS) is 9.84. The molecular weight excluding hydrogens is 246 g/mol. The number of anilines is 1. The lowest BCUT2D eigenvalue weighted by atomic mass is 10.3. The van der Waals surface area contributed by atoms with Crippen molar-refractivity contribution in [2.24, 2.45) is 5.84 Å². The summed E-state index contributed by atoms with van der Waals surface area (Å²) in [5, 5.41) is 0. The number of ether oxygens (including phenoxy) is 3. The van der Waals surface area contributed by atoms with Gasteiger partial charge in [-0.05, 0) is 18.2 Å². The van der Waals surface area contributed by atoms with E-state index in [2.05, 4.69) is 10.4 Å². The van der Waals surface area contributed by atoms with E-state index < -0.39 is 0 Å². The highest BCUT2D eigenvalue weighted by Gasteiger charge is 2.12. The molecule has 0 saturated carbocycles. The maximum atomic E-state index is 5.78. The lowest BCUT2D eigenvalue weighted by molar-refractivity contribution is 0.346. The number of nitrogens with two attached hydrogens (primary N) is 1. The Balaban J connectivity index is 2.36. The lowest BCUT2D eigenvalue weighted by Crippen LogP contribution is -2.08. The van der Waals surface area contributed by atoms with Gasteiger partial charge in [0.05, 0.1) is 14.2 Å². The Morgan fingerprint density at radius 2 is 1.79 bits per heavy atom. The summed E-state index contributed by atoms with van der Waals surface area (Å²) in [4.78, 5) is 4.01. The minimum Gasteiger partial charge on any atom is -0.493 e. The molecule has 0 radical (unpaired) electrons. The van der Waals surface area contributed by atoms with E-state index in [1.807, 2.05) is 6.07 Å². The molecule has 1 heterocycles. The highest BCUT2D eigenvalue weighted by atomic mass is 16.5. The Bertz CT molecular complexity index is 538. The average Bonchev–Trinajstić information content (AvgIpc) is 2.47. The van der Waals surface area contributed by atoms with E-state index in [1.54, 1.807) is 44.7 Å². The topological polar surface area (TPSA) is 78.6 Å². The average molecular weight is 261 g/mol. The number of methoxy groups -OCH3 is 2. The number of hydrogen-bond acceptors (Lipinski definition) is 6. The molecule has 1 aromatic carbocycles. The monoisotopic (exact) mass is 261 g/mol. The van der Waals surface area contributed by atoms with Crippen LogP contribution in [0.1, 0.15) is 0 Å². The largest absolute Gasteiger partial charge is 0.493 e. The van der Waals surface area contributed by atoms with Crippen molar-refractivity contribution in [3.8, 4) is 23.0 Å². The van der Waals surface area contributed by atoms with Crippen molar-refractivity contribution in [1.82, 2.24) is 4.98 Å². The Morgan fingerprint density at radius 1 is 1.11 bits per heavy atom. The molecule has 1 aromatic heterocycles. The number of para-hydroxylation sites is 1. The van der Waals surface area contributed by atoms with Crippen molar-refractivity contribution in [2.75, 3.05) is 19.6 Å². The summed E-state index contributed by atoms with van der Waals surface area (Å²) in [6.45, 7) is 0. The van der Waals surface area contributed by atoms with Gasteiger partial charge < -0.3 is 19.6 Å². The van der Waals surface area contributed by atoms with Gasteiger partial charge in [0.15, 0.2) is 11.5 Å². The number of hydrogen-bond donors (Lipinski definition) is 2. The Hall–Kier alpha value is -2.47. The van der Waals surface area contributed by atoms with Gasteiger partial charge in [-0.3, -0.25) is 0 Å². The van der Waals surface area contributed by atoms with E-state index in [0.717, 1.165) is 0 Å². The number of pyridine rings is 1. The Morgan fingerprint density at radius 3 is 2.37 bits per heavy atom. The second kappa shape index (κ2) is 5.92. The molecule has 0 bridgehead atoms. The minimum absolute atomic E-state index is 0.502. The maximum Gasteiger partial charge on any atom is 0.210 e. The number of nitrogen functional groups attached to an aromatic ring is 1. The zero-order valence-electron chi connectivity index (χ0n) is 10.7. The number of nitrogens with zero attached hydrogens (tertiary/aromatic N) is 1. The van der Waals surface area contributed by atoms with Gasteiger partial charge in [-0.15, -0.1) is 0 Å². The van der Waals surface area contributed by atoms with Gasteiger partial charge in [-0.25, -0.2) is 10.8 Å². The van der Waals surface area contributed by atoms with Crippen molar-refractivity contribution >= 4 is 5.82 Å². The van der Waals surface area contributed by atoms with E-state index in [1.165, 1.54) is 0 Å². The van der Waals surface area contributed by atoms with E-state index in [9.17, 15) is 0 Å². The van der Waals surface area contributed by atoms with Crippen LogP contribution in [0.3, 0.4) is 0 Å². The molecule has 0 aliphatic rings. The molecule has 0 aliphatic heterocycles. The smallest absolute Gasteiger partial charge is 0.210 e. The third kappa shape index (κ3) is 2.86. The molecule has 6 heteroatoms. The van der Waals surface area contributed by atoms with E-state index in [0.29, 0.717) is 28.8 Å². The molecule has 19 heavy (non-hydrogen) atoms. The Kier molecular flexibility index (Phi) is 4.04. The molecule has 3 N–H and O–H groups in total. The zero-order valence-corrected chi connectivity index (χ0v) is 10.7. The molecule has 0 unspecified atom stereocenters. The van der Waals surface area contributed by atoms with E-state index in [4.69, 9.17) is 20.1 Å². The van der Waals surface area contributed by atoms with Crippen LogP contribution in [-0.4, -0.2) is 19.2 Å². The van der Waals surface area contributed by atoms with Crippen molar-refractivity contribution < 1.29 is 14.2 Å². The number of rotatable bonds is 5.